The van der Waals surface area contributed by atoms with E-state index in [2.05, 4.69) is 0 Å². The van der Waals surface area contributed by atoms with Crippen LogP contribution >= 0.6 is 0 Å². The van der Waals surface area contributed by atoms with Crippen molar-refractivity contribution in [3.8, 4) is 0 Å². The predicted molar refractivity (Wildman–Crippen MR) is 137 cm³/mol. The van der Waals surface area contributed by atoms with Crippen LogP contribution in [0.3, 0.4) is 0 Å². The predicted octanol–water partition coefficient (Wildman–Crippen LogP) is 4.05. The first-order chi connectivity index (χ1) is 16.9. The number of Topliss-reactive ketones (excluding diaryl/α,β-unsaturated/α-hetero) is 3. The molecular weight excluding hydrogens is 472 g/mol. The van der Waals surface area contributed by atoms with Crippen molar-refractivity contribution in [2.75, 3.05) is 0 Å². The number of rotatable bonds is 5. The molecule has 3 N–H and O–H groups in total. The first-order valence-corrected chi connectivity index (χ1v) is 13.6. The maximum absolute atomic E-state index is 14.0. The van der Waals surface area contributed by atoms with Crippen LogP contribution in [0.15, 0.2) is 22.8 Å². The highest BCUT2D eigenvalue weighted by atomic mass is 16.4. The van der Waals surface area contributed by atoms with E-state index >= 15 is 0 Å². The van der Waals surface area contributed by atoms with Crippen LogP contribution in [0.5, 0.6) is 0 Å². The van der Waals surface area contributed by atoms with Gasteiger partial charge in [-0.2, -0.15) is 0 Å². The zero-order valence-electron chi connectivity index (χ0n) is 23.2. The average molecular weight is 515 g/mol. The number of fused-ring (bicyclic) bond motifs is 4. The van der Waals surface area contributed by atoms with Gasteiger partial charge in [0.05, 0.1) is 17.6 Å². The van der Waals surface area contributed by atoms with Crippen LogP contribution < -0.4 is 0 Å². The fourth-order valence-corrected chi connectivity index (χ4v) is 8.80. The van der Waals surface area contributed by atoms with E-state index in [1.807, 2.05) is 41.5 Å². The lowest BCUT2D eigenvalue weighted by Gasteiger charge is -2.60. The molecule has 0 heterocycles. The van der Waals surface area contributed by atoms with Crippen molar-refractivity contribution >= 4 is 23.3 Å². The van der Waals surface area contributed by atoms with Gasteiger partial charge < -0.3 is 15.3 Å². The smallest absolute Gasteiger partial charge is 0.331 e. The van der Waals surface area contributed by atoms with E-state index in [0.29, 0.717) is 24.0 Å². The van der Waals surface area contributed by atoms with Gasteiger partial charge in [-0.1, -0.05) is 34.6 Å². The molecule has 204 valence electrons. The number of carboxylic acids is 1. The topological polar surface area (TPSA) is 129 Å². The molecule has 2 saturated carbocycles. The SMILES string of the molecule is C/C(=C\[C@H](O)C[C@@H](C)[C@H]1CC(=O)[C@@]2(C)C3=C(C(=O)C[C@]12C)[C@@]1(C)CC[C@H](O)C(C)(C)[C@H]1CC3=O)C(=O)O. The highest BCUT2D eigenvalue weighted by Gasteiger charge is 2.70. The van der Waals surface area contributed by atoms with Crippen molar-refractivity contribution in [1.82, 2.24) is 0 Å². The molecule has 0 spiro atoms. The quantitative estimate of drug-likeness (QED) is 0.472. The monoisotopic (exact) mass is 514 g/mol. The number of hydrogen-bond acceptors (Lipinski definition) is 6. The first-order valence-electron chi connectivity index (χ1n) is 13.6. The van der Waals surface area contributed by atoms with Gasteiger partial charge in [-0.15, -0.1) is 0 Å². The molecule has 4 aliphatic carbocycles. The molecule has 8 atom stereocenters. The van der Waals surface area contributed by atoms with E-state index in [1.165, 1.54) is 13.0 Å². The Morgan fingerprint density at radius 2 is 1.68 bits per heavy atom. The molecule has 7 heteroatoms. The summed E-state index contributed by atoms with van der Waals surface area (Å²) in [6.07, 6.45) is 1.75. The molecule has 0 aromatic carbocycles. The number of aliphatic hydroxyl groups is 2. The molecule has 0 aromatic heterocycles. The first kappa shape index (κ1) is 27.9. The van der Waals surface area contributed by atoms with Crippen molar-refractivity contribution in [2.24, 2.45) is 39.4 Å². The molecule has 2 fully saturated rings. The van der Waals surface area contributed by atoms with E-state index < -0.39 is 39.8 Å². The van der Waals surface area contributed by atoms with Gasteiger partial charge in [0, 0.05) is 41.4 Å². The van der Waals surface area contributed by atoms with E-state index in [0.717, 1.165) is 0 Å². The second kappa shape index (κ2) is 8.70. The average Bonchev–Trinajstić information content (AvgIpc) is 2.99. The molecule has 0 amide bonds. The molecule has 0 saturated heterocycles. The second-order valence-corrected chi connectivity index (χ2v) is 13.5. The lowest BCUT2D eigenvalue weighted by Crippen LogP contribution is -2.59. The van der Waals surface area contributed by atoms with Crippen LogP contribution in [0, 0.1) is 39.4 Å². The Kier molecular flexibility index (Phi) is 6.56. The molecule has 37 heavy (non-hydrogen) atoms. The summed E-state index contributed by atoms with van der Waals surface area (Å²) < 4.78 is 0. The number of carbonyl (C=O) groups is 4. The third-order valence-corrected chi connectivity index (χ3v) is 11.3. The minimum Gasteiger partial charge on any atom is -0.478 e. The van der Waals surface area contributed by atoms with E-state index in [-0.39, 0.29) is 66.4 Å². The maximum atomic E-state index is 14.0. The standard InChI is InChI=1S/C30H42O7/c1-15(10-17(31)11-16(2)26(36)37)18-12-23(35)30(7)25-19(32)13-21-27(3,4)22(34)8-9-28(21,5)24(25)20(33)14-29(18,30)6/h11,15,17-18,21-22,31,34H,8-10,12-14H2,1-7H3,(H,36,37)/b16-11+/t15-,17-,18-,21-,22+,28+,29-,30+/m1/s1. The summed E-state index contributed by atoms with van der Waals surface area (Å²) in [6, 6.07) is 0. The Bertz CT molecular complexity index is 1130. The second-order valence-electron chi connectivity index (χ2n) is 13.5. The zero-order valence-corrected chi connectivity index (χ0v) is 23.2. The zero-order chi connectivity index (χ0) is 27.9. The van der Waals surface area contributed by atoms with Crippen LogP contribution in [-0.4, -0.2) is 50.8 Å². The molecule has 0 unspecified atom stereocenters. The Morgan fingerprint density at radius 3 is 2.27 bits per heavy atom. The van der Waals surface area contributed by atoms with Gasteiger partial charge in [-0.05, 0) is 67.8 Å². The van der Waals surface area contributed by atoms with Crippen LogP contribution in [0.1, 0.15) is 87.0 Å². The van der Waals surface area contributed by atoms with Crippen LogP contribution in [0.2, 0.25) is 0 Å². The van der Waals surface area contributed by atoms with Crippen molar-refractivity contribution < 1.29 is 34.5 Å². The van der Waals surface area contributed by atoms with Crippen molar-refractivity contribution in [2.45, 2.75) is 99.2 Å². The molecule has 0 radical (unpaired) electrons. The molecule has 4 aliphatic rings. The van der Waals surface area contributed by atoms with Gasteiger partial charge >= 0.3 is 5.97 Å². The summed E-state index contributed by atoms with van der Waals surface area (Å²) in [5.41, 5.74) is -2.01. The third kappa shape index (κ3) is 3.75. The number of ketones is 3. The van der Waals surface area contributed by atoms with Gasteiger partial charge in [0.1, 0.15) is 5.78 Å². The van der Waals surface area contributed by atoms with Gasteiger partial charge in [0.2, 0.25) is 0 Å². The van der Waals surface area contributed by atoms with Gasteiger partial charge in [-0.3, -0.25) is 14.4 Å². The van der Waals surface area contributed by atoms with Crippen LogP contribution in [0.4, 0.5) is 0 Å². The maximum Gasteiger partial charge on any atom is 0.331 e. The highest BCUT2D eigenvalue weighted by molar-refractivity contribution is 6.16. The Hall–Kier alpha value is -2.12. The summed E-state index contributed by atoms with van der Waals surface area (Å²) >= 11 is 0. The van der Waals surface area contributed by atoms with Gasteiger partial charge in [0.25, 0.3) is 0 Å². The van der Waals surface area contributed by atoms with E-state index in [4.69, 9.17) is 5.11 Å². The van der Waals surface area contributed by atoms with Crippen molar-refractivity contribution in [1.29, 1.82) is 0 Å². The van der Waals surface area contributed by atoms with Crippen LogP contribution in [-0.2, 0) is 19.2 Å². The van der Waals surface area contributed by atoms with Crippen molar-refractivity contribution in [3.05, 3.63) is 22.8 Å². The summed E-state index contributed by atoms with van der Waals surface area (Å²) in [5, 5.41) is 30.4. The minimum atomic E-state index is -1.10. The summed E-state index contributed by atoms with van der Waals surface area (Å²) in [6.45, 7) is 13.1. The molecule has 0 aromatic rings. The normalized spacial score (nSPS) is 41.2. The summed E-state index contributed by atoms with van der Waals surface area (Å²) in [5.74, 6) is -1.95. The number of carboxylic acid groups (broad SMARTS) is 1. The lowest BCUT2D eigenvalue weighted by molar-refractivity contribution is -0.145. The lowest BCUT2D eigenvalue weighted by atomic mass is 9.42. The summed E-state index contributed by atoms with van der Waals surface area (Å²) in [7, 11) is 0. The van der Waals surface area contributed by atoms with Gasteiger partial charge in [-0.25, -0.2) is 4.79 Å². The highest BCUT2D eigenvalue weighted by Crippen LogP contribution is 2.70. The Morgan fingerprint density at radius 1 is 1.05 bits per heavy atom. The minimum absolute atomic E-state index is 0.0379. The van der Waals surface area contributed by atoms with E-state index in [1.54, 1.807) is 0 Å². The third-order valence-electron chi connectivity index (χ3n) is 11.3. The fourth-order valence-electron chi connectivity index (χ4n) is 8.80. The van der Waals surface area contributed by atoms with Crippen molar-refractivity contribution in [3.63, 3.8) is 0 Å². The molecule has 4 rings (SSSR count). The number of carbonyl (C=O) groups excluding carboxylic acids is 3. The summed E-state index contributed by atoms with van der Waals surface area (Å²) in [4.78, 5) is 53.0. The number of aliphatic carboxylic acids is 1. The number of allylic oxidation sites excluding steroid dienone is 2. The largest absolute Gasteiger partial charge is 0.478 e. The Balaban J connectivity index is 1.78. The van der Waals surface area contributed by atoms with Crippen LogP contribution in [0.25, 0.3) is 0 Å². The molecule has 0 bridgehead atoms. The molecule has 7 nitrogen and oxygen atoms in total. The van der Waals surface area contributed by atoms with Gasteiger partial charge in [0.15, 0.2) is 11.6 Å². The fraction of sp³-hybridized carbons (Fsp3) is 0.733. The molecular formula is C30H42O7. The van der Waals surface area contributed by atoms with E-state index in [9.17, 15) is 29.4 Å². The number of hydrogen-bond donors (Lipinski definition) is 3. The number of aliphatic hydroxyl groups excluding tert-OH is 2. The Labute approximate surface area is 219 Å². The molecule has 0 aliphatic heterocycles.